The molecule has 0 aliphatic heterocycles. The van der Waals surface area contributed by atoms with Crippen LogP contribution in [-0.4, -0.2) is 28.4 Å². The van der Waals surface area contributed by atoms with Crippen molar-refractivity contribution in [3.05, 3.63) is 28.8 Å². The highest BCUT2D eigenvalue weighted by Crippen LogP contribution is 2.30. The lowest BCUT2D eigenvalue weighted by atomic mass is 9.94. The van der Waals surface area contributed by atoms with Gasteiger partial charge in [-0.1, -0.05) is 31.5 Å². The summed E-state index contributed by atoms with van der Waals surface area (Å²) < 4.78 is 5.39. The Balaban J connectivity index is 2.95. The predicted molar refractivity (Wildman–Crippen MR) is 69.4 cm³/mol. The van der Waals surface area contributed by atoms with Crippen LogP contribution in [0, 0.1) is 5.92 Å². The number of benzene rings is 1. The van der Waals surface area contributed by atoms with E-state index in [0.29, 0.717) is 0 Å². The summed E-state index contributed by atoms with van der Waals surface area (Å²) in [6, 6.07) is 4.50. The van der Waals surface area contributed by atoms with Gasteiger partial charge in [0.05, 0.1) is 10.6 Å². The molecule has 1 aromatic carbocycles. The van der Waals surface area contributed by atoms with Crippen LogP contribution in [0.2, 0.25) is 5.02 Å². The summed E-state index contributed by atoms with van der Waals surface area (Å²) >= 11 is 5.91. The van der Waals surface area contributed by atoms with Crippen LogP contribution < -0.4 is 4.74 Å². The average molecular weight is 273 g/mol. The van der Waals surface area contributed by atoms with Crippen LogP contribution >= 0.6 is 11.6 Å². The Morgan fingerprint density at radius 2 is 2.11 bits per heavy atom. The van der Waals surface area contributed by atoms with Gasteiger partial charge in [0.25, 0.3) is 0 Å². The van der Waals surface area contributed by atoms with Gasteiger partial charge < -0.3 is 14.9 Å². The molecule has 0 fully saturated rings. The highest BCUT2D eigenvalue weighted by molar-refractivity contribution is 6.32. The molecule has 0 heterocycles. The van der Waals surface area contributed by atoms with Crippen molar-refractivity contribution in [2.75, 3.05) is 6.61 Å². The van der Waals surface area contributed by atoms with Crippen LogP contribution in [0.25, 0.3) is 0 Å². The summed E-state index contributed by atoms with van der Waals surface area (Å²) in [5, 5.41) is 19.3. The molecule has 0 saturated heterocycles. The molecule has 0 saturated carbocycles. The minimum absolute atomic E-state index is 0.0120. The largest absolute Gasteiger partial charge is 0.488 e. The number of halogens is 1. The lowest BCUT2D eigenvalue weighted by Crippen LogP contribution is -2.38. The number of aromatic carboxylic acids is 1. The first kappa shape index (κ1) is 14.8. The Morgan fingerprint density at radius 3 is 2.61 bits per heavy atom. The number of para-hydroxylation sites is 1. The number of ether oxygens (including phenoxy) is 1. The minimum atomic E-state index is -1.11. The van der Waals surface area contributed by atoms with Crippen molar-refractivity contribution in [2.24, 2.45) is 5.92 Å². The first-order chi connectivity index (χ1) is 8.25. The van der Waals surface area contributed by atoms with Gasteiger partial charge in [0.15, 0.2) is 5.75 Å². The van der Waals surface area contributed by atoms with E-state index in [0.717, 1.165) is 0 Å². The molecule has 1 atom stereocenters. The normalized spacial score (nSPS) is 14.3. The Bertz CT molecular complexity index is 441. The number of carboxylic acids is 1. The monoisotopic (exact) mass is 272 g/mol. The summed E-state index contributed by atoms with van der Waals surface area (Å²) in [7, 11) is 0. The lowest BCUT2D eigenvalue weighted by molar-refractivity contribution is -0.0269. The van der Waals surface area contributed by atoms with Crippen molar-refractivity contribution in [2.45, 2.75) is 26.4 Å². The fraction of sp³-hybridized carbons (Fsp3) is 0.462. The van der Waals surface area contributed by atoms with E-state index in [-0.39, 0.29) is 28.9 Å². The molecule has 0 aromatic heterocycles. The molecule has 0 aliphatic carbocycles. The summed E-state index contributed by atoms with van der Waals surface area (Å²) in [6.45, 7) is 5.33. The summed E-state index contributed by atoms with van der Waals surface area (Å²) in [4.78, 5) is 11.0. The molecular formula is C13H17ClO4. The predicted octanol–water partition coefficient (Wildman–Crippen LogP) is 2.82. The van der Waals surface area contributed by atoms with Gasteiger partial charge >= 0.3 is 5.97 Å². The number of hydrogen-bond donors (Lipinski definition) is 2. The molecule has 0 radical (unpaired) electrons. The van der Waals surface area contributed by atoms with Crippen LogP contribution in [0.1, 0.15) is 31.1 Å². The highest BCUT2D eigenvalue weighted by Gasteiger charge is 2.27. The second-order valence-corrected chi connectivity index (χ2v) is 5.13. The molecule has 0 spiro atoms. The smallest absolute Gasteiger partial charge is 0.339 e. The van der Waals surface area contributed by atoms with E-state index in [1.54, 1.807) is 19.1 Å². The fourth-order valence-electron chi connectivity index (χ4n) is 1.21. The number of rotatable bonds is 5. The van der Waals surface area contributed by atoms with E-state index in [4.69, 9.17) is 21.4 Å². The van der Waals surface area contributed by atoms with Crippen LogP contribution in [0.3, 0.4) is 0 Å². The van der Waals surface area contributed by atoms with E-state index in [9.17, 15) is 9.90 Å². The van der Waals surface area contributed by atoms with Gasteiger partial charge in [-0.3, -0.25) is 0 Å². The zero-order valence-corrected chi connectivity index (χ0v) is 11.4. The lowest BCUT2D eigenvalue weighted by Gasteiger charge is -2.28. The van der Waals surface area contributed by atoms with Gasteiger partial charge in [-0.15, -0.1) is 0 Å². The SMILES string of the molecule is CC(C)C(C)(O)COc1c(Cl)cccc1C(=O)O. The molecule has 4 nitrogen and oxygen atoms in total. The minimum Gasteiger partial charge on any atom is -0.488 e. The summed E-state index contributed by atoms with van der Waals surface area (Å²) in [6.07, 6.45) is 0. The quantitative estimate of drug-likeness (QED) is 0.865. The number of carboxylic acid groups (broad SMARTS) is 1. The van der Waals surface area contributed by atoms with Crippen molar-refractivity contribution in [1.29, 1.82) is 0 Å². The van der Waals surface area contributed by atoms with Gasteiger partial charge in [0, 0.05) is 0 Å². The zero-order chi connectivity index (χ0) is 13.9. The van der Waals surface area contributed by atoms with Crippen molar-refractivity contribution in [1.82, 2.24) is 0 Å². The van der Waals surface area contributed by atoms with Gasteiger partial charge in [-0.2, -0.15) is 0 Å². The van der Waals surface area contributed by atoms with Gasteiger partial charge in [-0.05, 0) is 25.0 Å². The fourth-order valence-corrected chi connectivity index (χ4v) is 1.44. The van der Waals surface area contributed by atoms with Crippen molar-refractivity contribution < 1.29 is 19.7 Å². The molecule has 5 heteroatoms. The number of carbonyl (C=O) groups is 1. The molecule has 0 bridgehead atoms. The van der Waals surface area contributed by atoms with Crippen LogP contribution in [-0.2, 0) is 0 Å². The van der Waals surface area contributed by atoms with E-state index >= 15 is 0 Å². The molecular weight excluding hydrogens is 256 g/mol. The number of hydrogen-bond acceptors (Lipinski definition) is 3. The van der Waals surface area contributed by atoms with Crippen LogP contribution in [0.4, 0.5) is 0 Å². The van der Waals surface area contributed by atoms with Crippen LogP contribution in [0.5, 0.6) is 5.75 Å². The third-order valence-corrected chi connectivity index (χ3v) is 3.25. The maximum atomic E-state index is 11.0. The topological polar surface area (TPSA) is 66.8 Å². The zero-order valence-electron chi connectivity index (χ0n) is 10.6. The summed E-state index contributed by atoms with van der Waals surface area (Å²) in [5.74, 6) is -1.04. The molecule has 1 unspecified atom stereocenters. The Morgan fingerprint density at radius 1 is 1.50 bits per heavy atom. The molecule has 0 aliphatic rings. The first-order valence-corrected chi connectivity index (χ1v) is 6.00. The standard InChI is InChI=1S/C13H17ClO4/c1-8(2)13(3,17)7-18-11-9(12(15)16)5-4-6-10(11)14/h4-6,8,17H,7H2,1-3H3,(H,15,16). The van der Waals surface area contributed by atoms with Crippen LogP contribution in [0.15, 0.2) is 18.2 Å². The maximum absolute atomic E-state index is 11.0. The van der Waals surface area contributed by atoms with Gasteiger partial charge in [-0.25, -0.2) is 4.79 Å². The third kappa shape index (κ3) is 3.37. The second kappa shape index (κ2) is 5.59. The van der Waals surface area contributed by atoms with Gasteiger partial charge in [0.2, 0.25) is 0 Å². The average Bonchev–Trinajstić information content (AvgIpc) is 2.26. The molecule has 2 N–H and O–H groups in total. The first-order valence-electron chi connectivity index (χ1n) is 5.62. The van der Waals surface area contributed by atoms with Crippen molar-refractivity contribution >= 4 is 17.6 Å². The Hall–Kier alpha value is -1.26. The number of aliphatic hydroxyl groups is 1. The van der Waals surface area contributed by atoms with Crippen molar-refractivity contribution in [3.8, 4) is 5.75 Å². The second-order valence-electron chi connectivity index (χ2n) is 4.72. The highest BCUT2D eigenvalue weighted by atomic mass is 35.5. The molecule has 1 aromatic rings. The van der Waals surface area contributed by atoms with Gasteiger partial charge in [0.1, 0.15) is 12.2 Å². The molecule has 100 valence electrons. The summed E-state index contributed by atoms with van der Waals surface area (Å²) in [5.41, 5.74) is -1.06. The van der Waals surface area contributed by atoms with E-state index in [1.165, 1.54) is 6.07 Å². The van der Waals surface area contributed by atoms with E-state index in [1.807, 2.05) is 13.8 Å². The molecule has 1 rings (SSSR count). The third-order valence-electron chi connectivity index (χ3n) is 2.95. The molecule has 0 amide bonds. The molecule has 18 heavy (non-hydrogen) atoms. The van der Waals surface area contributed by atoms with E-state index < -0.39 is 11.6 Å². The Kier molecular flexibility index (Phi) is 4.59. The van der Waals surface area contributed by atoms with Crippen molar-refractivity contribution in [3.63, 3.8) is 0 Å². The Labute approximate surface area is 111 Å². The maximum Gasteiger partial charge on any atom is 0.339 e. The van der Waals surface area contributed by atoms with E-state index in [2.05, 4.69) is 0 Å².